The number of fused-ring (bicyclic) bond motifs is 1. The summed E-state index contributed by atoms with van der Waals surface area (Å²) in [6.45, 7) is 2.53. The van der Waals surface area contributed by atoms with E-state index in [2.05, 4.69) is 5.92 Å². The van der Waals surface area contributed by atoms with Gasteiger partial charge in [-0.25, -0.2) is 0 Å². The van der Waals surface area contributed by atoms with Crippen molar-refractivity contribution < 1.29 is 4.79 Å². The molecule has 0 spiro atoms. The van der Waals surface area contributed by atoms with E-state index >= 15 is 0 Å². The summed E-state index contributed by atoms with van der Waals surface area (Å²) in [4.78, 5) is 15.4. The molecule has 0 unspecified atom stereocenters. The van der Waals surface area contributed by atoms with Gasteiger partial charge in [0.1, 0.15) is 0 Å². The molecule has 0 saturated carbocycles. The number of carbonyl (C=O) groups excluding carboxylic acids is 1. The van der Waals surface area contributed by atoms with Gasteiger partial charge in [0.25, 0.3) is 0 Å². The van der Waals surface area contributed by atoms with Gasteiger partial charge in [0.2, 0.25) is 5.91 Å². The van der Waals surface area contributed by atoms with Gasteiger partial charge in [0.15, 0.2) is 0 Å². The largest absolute Gasteiger partial charge is 0.364 e. The Morgan fingerprint density at radius 3 is 2.82 bits per heavy atom. The van der Waals surface area contributed by atoms with E-state index in [1.165, 1.54) is 0 Å². The molecule has 0 bridgehead atoms. The Kier molecular flexibility index (Phi) is 2.99. The van der Waals surface area contributed by atoms with Gasteiger partial charge in [0.05, 0.1) is 24.5 Å². The second kappa shape index (κ2) is 4.31. The number of benzene rings is 1. The first-order chi connectivity index (χ1) is 8.04. The third-order valence-corrected chi connectivity index (χ3v) is 3.29. The van der Waals surface area contributed by atoms with Crippen LogP contribution in [0, 0.1) is 19.3 Å². The summed E-state index contributed by atoms with van der Waals surface area (Å²) in [7, 11) is 1.87. The Labute approximate surface area is 106 Å². The molecule has 0 aliphatic carbocycles. The summed E-state index contributed by atoms with van der Waals surface area (Å²) in [5.74, 6) is 2.52. The normalized spacial score (nSPS) is 14.6. The SMILES string of the molecule is C#CCN1C(=O)CN(C)c2cc(Cl)c(C)cc21. The summed E-state index contributed by atoms with van der Waals surface area (Å²) in [6, 6.07) is 3.78. The molecule has 17 heavy (non-hydrogen) atoms. The molecule has 88 valence electrons. The molecule has 0 radical (unpaired) electrons. The average Bonchev–Trinajstić information content (AvgIpc) is 2.27. The fourth-order valence-corrected chi connectivity index (χ4v) is 2.11. The molecule has 1 aromatic rings. The predicted molar refractivity (Wildman–Crippen MR) is 70.6 cm³/mol. The number of aryl methyl sites for hydroxylation is 1. The van der Waals surface area contributed by atoms with Crippen LogP contribution in [0.15, 0.2) is 12.1 Å². The van der Waals surface area contributed by atoms with Crippen molar-refractivity contribution in [2.45, 2.75) is 6.92 Å². The predicted octanol–water partition coefficient (Wildman–Crippen LogP) is 2.06. The van der Waals surface area contributed by atoms with Gasteiger partial charge in [-0.15, -0.1) is 6.42 Å². The molecule has 2 rings (SSSR count). The van der Waals surface area contributed by atoms with E-state index in [0.717, 1.165) is 16.9 Å². The minimum atomic E-state index is 0.0136. The number of rotatable bonds is 1. The standard InChI is InChI=1S/C13H13ClN2O/c1-4-5-16-12-6-9(2)10(14)7-11(12)15(3)8-13(16)17/h1,6-7H,5,8H2,2-3H3. The van der Waals surface area contributed by atoms with Crippen LogP contribution < -0.4 is 9.80 Å². The molecule has 1 aliphatic rings. The number of terminal acetylenes is 1. The summed E-state index contributed by atoms with van der Waals surface area (Å²) in [6.07, 6.45) is 5.30. The monoisotopic (exact) mass is 248 g/mol. The second-order valence-electron chi connectivity index (χ2n) is 4.13. The first-order valence-corrected chi connectivity index (χ1v) is 5.67. The van der Waals surface area contributed by atoms with Gasteiger partial charge in [0, 0.05) is 12.1 Å². The average molecular weight is 249 g/mol. The highest BCUT2D eigenvalue weighted by molar-refractivity contribution is 6.32. The number of amides is 1. The van der Waals surface area contributed by atoms with Gasteiger partial charge in [-0.2, -0.15) is 0 Å². The zero-order valence-corrected chi connectivity index (χ0v) is 10.6. The summed E-state index contributed by atoms with van der Waals surface area (Å²) < 4.78 is 0. The number of hydrogen-bond acceptors (Lipinski definition) is 2. The van der Waals surface area contributed by atoms with Crippen molar-refractivity contribution in [3.8, 4) is 12.3 Å². The lowest BCUT2D eigenvalue weighted by atomic mass is 10.1. The Morgan fingerprint density at radius 1 is 1.47 bits per heavy atom. The zero-order valence-electron chi connectivity index (χ0n) is 9.83. The van der Waals surface area contributed by atoms with Crippen molar-refractivity contribution in [3.63, 3.8) is 0 Å². The van der Waals surface area contributed by atoms with E-state index in [-0.39, 0.29) is 5.91 Å². The van der Waals surface area contributed by atoms with Crippen molar-refractivity contribution in [1.29, 1.82) is 0 Å². The molecule has 1 aliphatic heterocycles. The summed E-state index contributed by atoms with van der Waals surface area (Å²) in [5.41, 5.74) is 2.72. The third-order valence-electron chi connectivity index (χ3n) is 2.88. The first-order valence-electron chi connectivity index (χ1n) is 5.29. The highest BCUT2D eigenvalue weighted by Crippen LogP contribution is 2.36. The molecule has 1 heterocycles. The van der Waals surface area contributed by atoms with Crippen LogP contribution in [0.4, 0.5) is 11.4 Å². The van der Waals surface area contributed by atoms with Crippen LogP contribution in [0.25, 0.3) is 0 Å². The number of halogens is 1. The number of nitrogens with zero attached hydrogens (tertiary/aromatic N) is 2. The van der Waals surface area contributed by atoms with E-state index in [0.29, 0.717) is 18.1 Å². The number of hydrogen-bond donors (Lipinski definition) is 0. The minimum absolute atomic E-state index is 0.0136. The van der Waals surface area contributed by atoms with Gasteiger partial charge in [-0.05, 0) is 24.6 Å². The van der Waals surface area contributed by atoms with Crippen LogP contribution in [0.1, 0.15) is 5.56 Å². The van der Waals surface area contributed by atoms with E-state index in [1.807, 2.05) is 31.0 Å². The number of likely N-dealkylation sites (N-methyl/N-ethyl adjacent to an activating group) is 1. The lowest BCUT2D eigenvalue weighted by Gasteiger charge is -2.34. The highest BCUT2D eigenvalue weighted by atomic mass is 35.5. The van der Waals surface area contributed by atoms with E-state index in [4.69, 9.17) is 18.0 Å². The van der Waals surface area contributed by atoms with Crippen LogP contribution in [-0.4, -0.2) is 26.0 Å². The van der Waals surface area contributed by atoms with Gasteiger partial charge < -0.3 is 4.90 Å². The number of carbonyl (C=O) groups is 1. The van der Waals surface area contributed by atoms with Crippen LogP contribution in [-0.2, 0) is 4.79 Å². The topological polar surface area (TPSA) is 23.6 Å². The number of anilines is 2. The summed E-state index contributed by atoms with van der Waals surface area (Å²) >= 11 is 6.10. The molecule has 3 nitrogen and oxygen atoms in total. The molecule has 0 aromatic heterocycles. The molecule has 4 heteroatoms. The maximum atomic E-state index is 11.9. The van der Waals surface area contributed by atoms with Crippen molar-refractivity contribution in [1.82, 2.24) is 0 Å². The van der Waals surface area contributed by atoms with Crippen LogP contribution in [0.2, 0.25) is 5.02 Å². The Bertz CT molecular complexity index is 519. The zero-order chi connectivity index (χ0) is 12.6. The fourth-order valence-electron chi connectivity index (χ4n) is 1.95. The maximum absolute atomic E-state index is 11.9. The molecule has 1 aromatic carbocycles. The van der Waals surface area contributed by atoms with E-state index in [9.17, 15) is 4.79 Å². The quantitative estimate of drug-likeness (QED) is 0.711. The molecule has 0 saturated heterocycles. The lowest BCUT2D eigenvalue weighted by molar-refractivity contribution is -0.117. The van der Waals surface area contributed by atoms with Crippen molar-refractivity contribution in [2.24, 2.45) is 0 Å². The van der Waals surface area contributed by atoms with Crippen molar-refractivity contribution in [3.05, 3.63) is 22.7 Å². The van der Waals surface area contributed by atoms with Crippen molar-refractivity contribution >= 4 is 28.9 Å². The molecular formula is C13H13ClN2O. The first kappa shape index (κ1) is 11.8. The summed E-state index contributed by atoms with van der Waals surface area (Å²) in [5, 5.41) is 0.700. The molecule has 0 atom stereocenters. The Morgan fingerprint density at radius 2 is 2.18 bits per heavy atom. The van der Waals surface area contributed by atoms with Gasteiger partial charge >= 0.3 is 0 Å². The maximum Gasteiger partial charge on any atom is 0.247 e. The van der Waals surface area contributed by atoms with Crippen LogP contribution in [0.5, 0.6) is 0 Å². The van der Waals surface area contributed by atoms with Crippen molar-refractivity contribution in [2.75, 3.05) is 29.9 Å². The van der Waals surface area contributed by atoms with Crippen LogP contribution in [0.3, 0.4) is 0 Å². The Hall–Kier alpha value is -1.66. The third kappa shape index (κ3) is 1.96. The van der Waals surface area contributed by atoms with Gasteiger partial charge in [-0.1, -0.05) is 17.5 Å². The van der Waals surface area contributed by atoms with E-state index in [1.54, 1.807) is 4.90 Å². The fraction of sp³-hybridized carbons (Fsp3) is 0.308. The smallest absolute Gasteiger partial charge is 0.247 e. The molecular weight excluding hydrogens is 236 g/mol. The molecule has 1 amide bonds. The Balaban J connectivity index is 2.57. The van der Waals surface area contributed by atoms with E-state index < -0.39 is 0 Å². The molecule has 0 N–H and O–H groups in total. The lowest BCUT2D eigenvalue weighted by Crippen LogP contribution is -2.44. The van der Waals surface area contributed by atoms with Crippen LogP contribution >= 0.6 is 11.6 Å². The second-order valence-corrected chi connectivity index (χ2v) is 4.54. The molecule has 0 fully saturated rings. The van der Waals surface area contributed by atoms with Gasteiger partial charge in [-0.3, -0.25) is 9.69 Å². The highest BCUT2D eigenvalue weighted by Gasteiger charge is 2.27. The minimum Gasteiger partial charge on any atom is -0.364 e.